The number of aliphatic hydroxyl groups is 1. The Hall–Kier alpha value is -0.480. The van der Waals surface area contributed by atoms with E-state index in [1.54, 1.807) is 0 Å². The Kier molecular flexibility index (Phi) is 5.36. The van der Waals surface area contributed by atoms with Crippen LogP contribution >= 0.6 is 11.8 Å². The van der Waals surface area contributed by atoms with Crippen molar-refractivity contribution in [1.29, 1.82) is 0 Å². The van der Waals surface area contributed by atoms with Crippen LogP contribution in [-0.2, 0) is 9.53 Å². The molecule has 4 heteroatoms. The van der Waals surface area contributed by atoms with Gasteiger partial charge in [-0.1, -0.05) is 25.0 Å². The highest BCUT2D eigenvalue weighted by molar-refractivity contribution is 7.99. The molecule has 1 saturated heterocycles. The number of ether oxygens (including phenoxy) is 1. The molecule has 1 aliphatic heterocycles. The maximum atomic E-state index is 12.5. The molecule has 2 fully saturated rings. The fraction of sp³-hybridized carbons (Fsp3) is 0.850. The average Bonchev–Trinajstić information content (AvgIpc) is 2.92. The number of thioether (sulfide) groups is 1. The van der Waals surface area contributed by atoms with Crippen molar-refractivity contribution in [1.82, 2.24) is 0 Å². The Bertz CT molecular complexity index is 523. The van der Waals surface area contributed by atoms with Crippen molar-refractivity contribution in [3.63, 3.8) is 0 Å². The van der Waals surface area contributed by atoms with Crippen molar-refractivity contribution in [2.75, 3.05) is 11.5 Å². The van der Waals surface area contributed by atoms with Crippen molar-refractivity contribution in [2.45, 2.75) is 71.5 Å². The zero-order valence-corrected chi connectivity index (χ0v) is 16.3. The van der Waals surface area contributed by atoms with E-state index in [2.05, 4.69) is 20.8 Å². The zero-order valence-electron chi connectivity index (χ0n) is 15.5. The van der Waals surface area contributed by atoms with Crippen LogP contribution in [0, 0.1) is 23.7 Å². The van der Waals surface area contributed by atoms with Crippen molar-refractivity contribution in [3.8, 4) is 0 Å². The van der Waals surface area contributed by atoms with Gasteiger partial charge in [0.1, 0.15) is 6.10 Å². The number of hydrogen-bond acceptors (Lipinski definition) is 4. The molecule has 24 heavy (non-hydrogen) atoms. The molecule has 0 radical (unpaired) electrons. The molecule has 0 aromatic rings. The van der Waals surface area contributed by atoms with E-state index in [-0.39, 0.29) is 29.8 Å². The summed E-state index contributed by atoms with van der Waals surface area (Å²) in [6.45, 7) is 8.62. The summed E-state index contributed by atoms with van der Waals surface area (Å²) in [4.78, 5) is 12.5. The van der Waals surface area contributed by atoms with Crippen LogP contribution in [-0.4, -0.2) is 34.3 Å². The molecule has 5 atom stereocenters. The van der Waals surface area contributed by atoms with E-state index in [1.165, 1.54) is 17.6 Å². The van der Waals surface area contributed by atoms with Gasteiger partial charge >= 0.3 is 5.97 Å². The molecule has 1 N–H and O–H groups in total. The Morgan fingerprint density at radius 2 is 2.12 bits per heavy atom. The summed E-state index contributed by atoms with van der Waals surface area (Å²) in [7, 11) is 0. The van der Waals surface area contributed by atoms with Crippen LogP contribution in [0.25, 0.3) is 0 Å². The van der Waals surface area contributed by atoms with E-state index in [9.17, 15) is 9.90 Å². The molecule has 0 spiro atoms. The van der Waals surface area contributed by atoms with Gasteiger partial charge in [0.05, 0.1) is 11.5 Å². The van der Waals surface area contributed by atoms with Crippen LogP contribution in [0.1, 0.15) is 59.8 Å². The molecule has 3 nitrogen and oxygen atoms in total. The number of carbonyl (C=O) groups is 1. The standard InChI is InChI=1S/C20H32O3S/c1-12(2)8-10-24-11-16-15-6-5-13(3)14-7-9-20(4,22)17(14)18(15)23-19(16)21/h12,15-18,22H,5-11H2,1-4H3/t15-,16-,17-,18-,20+/m0/s1. The number of rotatable bonds is 5. The fourth-order valence-corrected chi connectivity index (χ4v) is 6.21. The molecule has 0 unspecified atom stereocenters. The average molecular weight is 353 g/mol. The van der Waals surface area contributed by atoms with Gasteiger partial charge in [0.2, 0.25) is 0 Å². The van der Waals surface area contributed by atoms with E-state index < -0.39 is 5.60 Å². The van der Waals surface area contributed by atoms with E-state index in [1.807, 2.05) is 18.7 Å². The molecule has 0 amide bonds. The molecule has 2 aliphatic carbocycles. The second-order valence-electron chi connectivity index (χ2n) is 8.61. The third-order valence-electron chi connectivity index (χ3n) is 6.31. The number of carbonyl (C=O) groups excluding carboxylic acids is 1. The molecule has 0 aromatic heterocycles. The Morgan fingerprint density at radius 1 is 1.38 bits per heavy atom. The predicted molar refractivity (Wildman–Crippen MR) is 98.9 cm³/mol. The van der Waals surface area contributed by atoms with E-state index in [0.717, 1.165) is 37.2 Å². The third kappa shape index (κ3) is 3.41. The first-order valence-electron chi connectivity index (χ1n) is 9.50. The predicted octanol–water partition coefficient (Wildman–Crippen LogP) is 4.19. The lowest BCUT2D eigenvalue weighted by Gasteiger charge is -2.32. The number of allylic oxidation sites excluding steroid dienone is 1. The van der Waals surface area contributed by atoms with Crippen LogP contribution < -0.4 is 0 Å². The van der Waals surface area contributed by atoms with Gasteiger partial charge in [0.15, 0.2) is 0 Å². The van der Waals surface area contributed by atoms with Crippen LogP contribution in [0.15, 0.2) is 11.1 Å². The zero-order chi connectivity index (χ0) is 17.5. The molecule has 0 bridgehead atoms. The van der Waals surface area contributed by atoms with Gasteiger partial charge in [-0.05, 0) is 57.6 Å². The van der Waals surface area contributed by atoms with Gasteiger partial charge in [0, 0.05) is 17.6 Å². The molecule has 3 aliphatic rings. The molecular formula is C20H32O3S. The van der Waals surface area contributed by atoms with E-state index >= 15 is 0 Å². The quantitative estimate of drug-likeness (QED) is 0.458. The smallest absolute Gasteiger partial charge is 0.310 e. The van der Waals surface area contributed by atoms with Gasteiger partial charge in [-0.2, -0.15) is 11.8 Å². The highest BCUT2D eigenvalue weighted by Gasteiger charge is 2.56. The minimum absolute atomic E-state index is 0.00992. The molecule has 136 valence electrons. The van der Waals surface area contributed by atoms with Crippen LogP contribution in [0.5, 0.6) is 0 Å². The van der Waals surface area contributed by atoms with Crippen molar-refractivity contribution < 1.29 is 14.6 Å². The molecular weight excluding hydrogens is 320 g/mol. The number of esters is 1. The minimum atomic E-state index is -0.732. The van der Waals surface area contributed by atoms with Crippen molar-refractivity contribution >= 4 is 17.7 Å². The second-order valence-corrected chi connectivity index (χ2v) is 9.76. The second kappa shape index (κ2) is 7.03. The first-order chi connectivity index (χ1) is 11.3. The van der Waals surface area contributed by atoms with Crippen molar-refractivity contribution in [2.24, 2.45) is 23.7 Å². The maximum Gasteiger partial charge on any atom is 0.310 e. The summed E-state index contributed by atoms with van der Waals surface area (Å²) in [6, 6.07) is 0. The third-order valence-corrected chi connectivity index (χ3v) is 7.43. The highest BCUT2D eigenvalue weighted by atomic mass is 32.2. The first kappa shape index (κ1) is 18.3. The molecule has 0 aromatic carbocycles. The Labute approximate surface area is 150 Å². The lowest BCUT2D eigenvalue weighted by molar-refractivity contribution is -0.147. The van der Waals surface area contributed by atoms with Gasteiger partial charge in [-0.3, -0.25) is 4.79 Å². The molecule has 1 heterocycles. The van der Waals surface area contributed by atoms with E-state index in [4.69, 9.17) is 4.74 Å². The van der Waals surface area contributed by atoms with Crippen LogP contribution in [0.4, 0.5) is 0 Å². The monoisotopic (exact) mass is 352 g/mol. The molecule has 1 saturated carbocycles. The fourth-order valence-electron chi connectivity index (χ4n) is 4.76. The summed E-state index contributed by atoms with van der Waals surface area (Å²) >= 11 is 1.89. The first-order valence-corrected chi connectivity index (χ1v) is 10.7. The molecule has 3 rings (SSSR count). The lowest BCUT2D eigenvalue weighted by Crippen LogP contribution is -2.41. The Balaban J connectivity index is 1.73. The Morgan fingerprint density at radius 3 is 2.83 bits per heavy atom. The highest BCUT2D eigenvalue weighted by Crippen LogP contribution is 2.52. The number of fused-ring (bicyclic) bond motifs is 3. The summed E-state index contributed by atoms with van der Waals surface area (Å²) < 4.78 is 5.89. The topological polar surface area (TPSA) is 46.5 Å². The van der Waals surface area contributed by atoms with Crippen LogP contribution in [0.2, 0.25) is 0 Å². The van der Waals surface area contributed by atoms with Crippen molar-refractivity contribution in [3.05, 3.63) is 11.1 Å². The summed E-state index contributed by atoms with van der Waals surface area (Å²) in [5.74, 6) is 2.96. The lowest BCUT2D eigenvalue weighted by atomic mass is 9.78. The van der Waals surface area contributed by atoms with Gasteiger partial charge in [0.25, 0.3) is 0 Å². The van der Waals surface area contributed by atoms with Gasteiger partial charge < -0.3 is 9.84 Å². The van der Waals surface area contributed by atoms with Crippen LogP contribution in [0.3, 0.4) is 0 Å². The summed E-state index contributed by atoms with van der Waals surface area (Å²) in [5, 5.41) is 10.9. The maximum absolute atomic E-state index is 12.5. The van der Waals surface area contributed by atoms with Gasteiger partial charge in [-0.15, -0.1) is 0 Å². The number of hydrogen-bond donors (Lipinski definition) is 1. The van der Waals surface area contributed by atoms with Gasteiger partial charge in [-0.25, -0.2) is 0 Å². The summed E-state index contributed by atoms with van der Waals surface area (Å²) in [6.07, 6.45) is 4.90. The minimum Gasteiger partial charge on any atom is -0.461 e. The summed E-state index contributed by atoms with van der Waals surface area (Å²) in [5.41, 5.74) is 2.06. The SMILES string of the molecule is CC1=C2CC[C@@](C)(O)[C@@H]2[C@H]2OC(=O)[C@@H](CSCCC(C)C)[C@@H]2CC1. The normalized spacial score (nSPS) is 39.0. The van der Waals surface area contributed by atoms with E-state index in [0.29, 0.717) is 5.92 Å². The largest absolute Gasteiger partial charge is 0.461 e.